The molecule has 3 rings (SSSR count). The average molecular weight is 344 g/mol. The molecule has 1 aliphatic heterocycles. The van der Waals surface area contributed by atoms with E-state index in [4.69, 9.17) is 4.74 Å². The molecule has 1 aromatic rings. The number of carbonyl (C=O) groups is 1. The van der Waals surface area contributed by atoms with Crippen LogP contribution in [0.5, 0.6) is 0 Å². The maximum Gasteiger partial charge on any atom is 0.237 e. The monoisotopic (exact) mass is 344 g/mol. The highest BCUT2D eigenvalue weighted by Crippen LogP contribution is 2.46. The molecule has 2 fully saturated rings. The molecule has 1 saturated carbocycles. The first kappa shape index (κ1) is 18.4. The molecular weight excluding hydrogens is 312 g/mol. The van der Waals surface area contributed by atoms with Gasteiger partial charge in [0, 0.05) is 6.54 Å². The summed E-state index contributed by atoms with van der Waals surface area (Å²) in [6.45, 7) is 2.69. The van der Waals surface area contributed by atoms with Crippen molar-refractivity contribution >= 4 is 5.91 Å². The number of ether oxygens (including phenoxy) is 1. The van der Waals surface area contributed by atoms with E-state index in [1.54, 1.807) is 0 Å². The Kier molecular flexibility index (Phi) is 6.13. The summed E-state index contributed by atoms with van der Waals surface area (Å²) < 4.78 is 6.02. The topological polar surface area (TPSA) is 32.8 Å². The van der Waals surface area contributed by atoms with Gasteiger partial charge >= 0.3 is 0 Å². The highest BCUT2D eigenvalue weighted by atomic mass is 16.5. The lowest BCUT2D eigenvalue weighted by Gasteiger charge is -2.33. The van der Waals surface area contributed by atoms with Crippen LogP contribution in [-0.2, 0) is 16.1 Å². The summed E-state index contributed by atoms with van der Waals surface area (Å²) in [5, 5.41) is 0. The Bertz CT molecular complexity index is 552. The number of benzene rings is 1. The molecule has 0 N–H and O–H groups in total. The summed E-state index contributed by atoms with van der Waals surface area (Å²) in [7, 11) is 3.93. The fourth-order valence-electron chi connectivity index (χ4n) is 4.52. The number of carbonyl (C=O) groups excluding carboxylic acids is 1. The third kappa shape index (κ3) is 4.83. The number of rotatable bonds is 6. The van der Waals surface area contributed by atoms with Crippen LogP contribution in [0, 0.1) is 5.41 Å². The van der Waals surface area contributed by atoms with Gasteiger partial charge in [0.15, 0.2) is 0 Å². The maximum absolute atomic E-state index is 12.8. The standard InChI is InChI=1S/C21H32N2O2/c1-22(2)14-20(24)23-17-21(11-7-4-8-12-21)13-19(23)16-25-15-18-9-5-3-6-10-18/h3,5-6,9-10,19H,4,7-8,11-17H2,1-2H3/t19-/m1/s1. The molecule has 2 aliphatic rings. The van der Waals surface area contributed by atoms with E-state index in [0.717, 1.165) is 13.0 Å². The molecule has 1 spiro atoms. The van der Waals surface area contributed by atoms with Crippen molar-refractivity contribution in [2.24, 2.45) is 5.41 Å². The zero-order valence-electron chi connectivity index (χ0n) is 15.7. The van der Waals surface area contributed by atoms with E-state index < -0.39 is 0 Å². The Morgan fingerprint density at radius 2 is 1.92 bits per heavy atom. The summed E-state index contributed by atoms with van der Waals surface area (Å²) in [4.78, 5) is 16.8. The first-order valence-corrected chi connectivity index (χ1v) is 9.64. The zero-order valence-corrected chi connectivity index (χ0v) is 15.7. The Morgan fingerprint density at radius 1 is 1.20 bits per heavy atom. The number of likely N-dealkylation sites (N-methyl/N-ethyl adjacent to an activating group) is 1. The van der Waals surface area contributed by atoms with E-state index in [1.165, 1.54) is 37.7 Å². The van der Waals surface area contributed by atoms with Crippen LogP contribution in [-0.4, -0.2) is 55.5 Å². The van der Waals surface area contributed by atoms with E-state index in [2.05, 4.69) is 17.0 Å². The Labute approximate surface area is 152 Å². The largest absolute Gasteiger partial charge is 0.375 e. The minimum absolute atomic E-state index is 0.231. The second-order valence-corrected chi connectivity index (χ2v) is 8.18. The summed E-state index contributed by atoms with van der Waals surface area (Å²) in [6, 6.07) is 10.5. The van der Waals surface area contributed by atoms with Gasteiger partial charge in [0.05, 0.1) is 25.8 Å². The SMILES string of the molecule is CN(C)CC(=O)N1CC2(CCCCC2)C[C@@H]1COCc1ccccc1. The van der Waals surface area contributed by atoms with Crippen molar-refractivity contribution in [3.8, 4) is 0 Å². The normalized spacial score (nSPS) is 22.7. The Morgan fingerprint density at radius 3 is 2.60 bits per heavy atom. The van der Waals surface area contributed by atoms with Crippen molar-refractivity contribution < 1.29 is 9.53 Å². The van der Waals surface area contributed by atoms with Crippen LogP contribution in [0.3, 0.4) is 0 Å². The number of hydrogen-bond acceptors (Lipinski definition) is 3. The molecule has 1 aliphatic carbocycles. The minimum atomic E-state index is 0.231. The van der Waals surface area contributed by atoms with Crippen LogP contribution in [0.25, 0.3) is 0 Å². The van der Waals surface area contributed by atoms with E-state index >= 15 is 0 Å². The van der Waals surface area contributed by atoms with Crippen molar-refractivity contribution in [1.82, 2.24) is 9.80 Å². The molecule has 1 saturated heterocycles. The van der Waals surface area contributed by atoms with Crippen LogP contribution in [0.15, 0.2) is 30.3 Å². The van der Waals surface area contributed by atoms with Crippen molar-refractivity contribution in [1.29, 1.82) is 0 Å². The fraction of sp³-hybridized carbons (Fsp3) is 0.667. The van der Waals surface area contributed by atoms with Crippen LogP contribution in [0.2, 0.25) is 0 Å². The van der Waals surface area contributed by atoms with Crippen molar-refractivity contribution in [3.63, 3.8) is 0 Å². The van der Waals surface area contributed by atoms with E-state index in [0.29, 0.717) is 25.2 Å². The molecule has 0 bridgehead atoms. The first-order valence-electron chi connectivity index (χ1n) is 9.64. The van der Waals surface area contributed by atoms with Gasteiger partial charge in [0.2, 0.25) is 5.91 Å². The number of hydrogen-bond donors (Lipinski definition) is 0. The molecule has 138 valence electrons. The van der Waals surface area contributed by atoms with Crippen LogP contribution >= 0.6 is 0 Å². The van der Waals surface area contributed by atoms with E-state index in [1.807, 2.05) is 37.2 Å². The summed E-state index contributed by atoms with van der Waals surface area (Å²) in [5.74, 6) is 0.251. The molecule has 1 aromatic carbocycles. The van der Waals surface area contributed by atoms with E-state index in [9.17, 15) is 4.79 Å². The summed E-state index contributed by atoms with van der Waals surface area (Å²) in [6.07, 6.45) is 7.63. The third-order valence-corrected chi connectivity index (χ3v) is 5.72. The van der Waals surface area contributed by atoms with Crippen molar-refractivity contribution in [3.05, 3.63) is 35.9 Å². The summed E-state index contributed by atoms with van der Waals surface area (Å²) in [5.41, 5.74) is 1.54. The van der Waals surface area contributed by atoms with Gasteiger partial charge in [-0.2, -0.15) is 0 Å². The number of nitrogens with zero attached hydrogens (tertiary/aromatic N) is 2. The summed E-state index contributed by atoms with van der Waals surface area (Å²) >= 11 is 0. The minimum Gasteiger partial charge on any atom is -0.375 e. The molecule has 1 amide bonds. The predicted octanol–water partition coefficient (Wildman–Crippen LogP) is 3.32. The highest BCUT2D eigenvalue weighted by molar-refractivity contribution is 5.79. The second-order valence-electron chi connectivity index (χ2n) is 8.18. The highest BCUT2D eigenvalue weighted by Gasteiger charge is 2.45. The molecule has 4 nitrogen and oxygen atoms in total. The zero-order chi connectivity index (χ0) is 17.7. The molecule has 1 heterocycles. The maximum atomic E-state index is 12.8. The lowest BCUT2D eigenvalue weighted by molar-refractivity contribution is -0.134. The smallest absolute Gasteiger partial charge is 0.237 e. The quantitative estimate of drug-likeness (QED) is 0.794. The molecule has 4 heteroatoms. The molecule has 0 unspecified atom stereocenters. The van der Waals surface area contributed by atoms with Gasteiger partial charge in [0.1, 0.15) is 0 Å². The van der Waals surface area contributed by atoms with Gasteiger partial charge in [-0.15, -0.1) is 0 Å². The van der Waals surface area contributed by atoms with Gasteiger partial charge in [-0.05, 0) is 44.3 Å². The molecular formula is C21H32N2O2. The average Bonchev–Trinajstić information content (AvgIpc) is 2.94. The Balaban J connectivity index is 1.61. The molecule has 0 radical (unpaired) electrons. The van der Waals surface area contributed by atoms with Crippen LogP contribution in [0.1, 0.15) is 44.1 Å². The van der Waals surface area contributed by atoms with Crippen molar-refractivity contribution in [2.75, 3.05) is 33.8 Å². The van der Waals surface area contributed by atoms with Crippen molar-refractivity contribution in [2.45, 2.75) is 51.2 Å². The second kappa shape index (κ2) is 8.33. The molecule has 0 aromatic heterocycles. The van der Waals surface area contributed by atoms with Gasteiger partial charge < -0.3 is 14.5 Å². The fourth-order valence-corrected chi connectivity index (χ4v) is 4.52. The van der Waals surface area contributed by atoms with Gasteiger partial charge in [-0.3, -0.25) is 4.79 Å². The van der Waals surface area contributed by atoms with Gasteiger partial charge in [-0.1, -0.05) is 49.6 Å². The van der Waals surface area contributed by atoms with Crippen LogP contribution in [0.4, 0.5) is 0 Å². The predicted molar refractivity (Wildman–Crippen MR) is 100 cm³/mol. The molecule has 1 atom stereocenters. The van der Waals surface area contributed by atoms with Gasteiger partial charge in [-0.25, -0.2) is 0 Å². The Hall–Kier alpha value is -1.39. The van der Waals surface area contributed by atoms with Crippen LogP contribution < -0.4 is 0 Å². The number of likely N-dealkylation sites (tertiary alicyclic amines) is 1. The molecule has 25 heavy (non-hydrogen) atoms. The van der Waals surface area contributed by atoms with Gasteiger partial charge in [0.25, 0.3) is 0 Å². The lowest BCUT2D eigenvalue weighted by atomic mass is 9.73. The van der Waals surface area contributed by atoms with E-state index in [-0.39, 0.29) is 11.9 Å². The first-order chi connectivity index (χ1) is 12.1. The third-order valence-electron chi connectivity index (χ3n) is 5.72. The lowest BCUT2D eigenvalue weighted by Crippen LogP contribution is -2.43. The number of amides is 1.